The van der Waals surface area contributed by atoms with Crippen molar-refractivity contribution in [2.45, 2.75) is 58.3 Å². The summed E-state index contributed by atoms with van der Waals surface area (Å²) in [5, 5.41) is 3.84. The zero-order valence-electron chi connectivity index (χ0n) is 20.9. The molecule has 4 rings (SSSR count). The van der Waals surface area contributed by atoms with Crippen molar-refractivity contribution in [2.75, 3.05) is 19.0 Å². The number of unbranched alkanes of at least 4 members (excludes halogenated alkanes) is 1. The van der Waals surface area contributed by atoms with Crippen LogP contribution in [0.5, 0.6) is 11.5 Å². The topological polar surface area (TPSA) is 59.9 Å². The molecule has 5 nitrogen and oxygen atoms in total. The summed E-state index contributed by atoms with van der Waals surface area (Å²) in [6.45, 7) is 2.77. The van der Waals surface area contributed by atoms with Gasteiger partial charge in [-0.1, -0.05) is 44.4 Å². The number of halogens is 1. The third kappa shape index (κ3) is 6.56. The van der Waals surface area contributed by atoms with Gasteiger partial charge in [0.15, 0.2) is 11.5 Å². The summed E-state index contributed by atoms with van der Waals surface area (Å²) in [7, 11) is 1.64. The van der Waals surface area contributed by atoms with Crippen LogP contribution in [0, 0.1) is 0 Å². The lowest BCUT2D eigenvalue weighted by Gasteiger charge is -2.13. The molecule has 2 aromatic carbocycles. The second kappa shape index (κ2) is 13.1. The van der Waals surface area contributed by atoms with Crippen LogP contribution in [0.15, 0.2) is 51.9 Å². The van der Waals surface area contributed by atoms with E-state index < -0.39 is 0 Å². The van der Waals surface area contributed by atoms with Crippen molar-refractivity contribution in [3.05, 3.63) is 68.5 Å². The Morgan fingerprint density at radius 1 is 1.14 bits per heavy atom. The number of aryl methyl sites for hydroxylation is 1. The zero-order valence-corrected chi connectivity index (χ0v) is 23.3. The van der Waals surface area contributed by atoms with Gasteiger partial charge in [-0.2, -0.15) is 0 Å². The number of thiophene rings is 1. The van der Waals surface area contributed by atoms with E-state index in [9.17, 15) is 4.79 Å². The number of hydrogen-bond donors (Lipinski definition) is 1. The molecule has 1 aliphatic carbocycles. The molecule has 3 aromatic rings. The van der Waals surface area contributed by atoms with E-state index in [1.54, 1.807) is 24.7 Å². The molecule has 36 heavy (non-hydrogen) atoms. The molecule has 0 spiro atoms. The summed E-state index contributed by atoms with van der Waals surface area (Å²) in [5.41, 5.74) is 3.54. The molecular formula is C29H33BrN2O3S. The number of benzene rings is 2. The second-order valence-corrected chi connectivity index (χ2v) is 10.9. The highest BCUT2D eigenvalue weighted by molar-refractivity contribution is 9.10. The van der Waals surface area contributed by atoms with Gasteiger partial charge >= 0.3 is 0 Å². The van der Waals surface area contributed by atoms with Crippen LogP contribution >= 0.6 is 27.3 Å². The van der Waals surface area contributed by atoms with E-state index in [0.29, 0.717) is 23.7 Å². The average molecular weight is 570 g/mol. The monoisotopic (exact) mass is 568 g/mol. The van der Waals surface area contributed by atoms with E-state index in [4.69, 9.17) is 14.5 Å². The number of fused-ring (bicyclic) bond motifs is 1. The van der Waals surface area contributed by atoms with Gasteiger partial charge in [-0.25, -0.2) is 4.99 Å². The highest BCUT2D eigenvalue weighted by Gasteiger charge is 2.24. The van der Waals surface area contributed by atoms with E-state index in [1.165, 1.54) is 23.3 Å². The first-order chi connectivity index (χ1) is 17.6. The number of aliphatic imine (C=N–C) groups is 1. The maximum atomic E-state index is 13.5. The van der Waals surface area contributed by atoms with E-state index in [2.05, 4.69) is 28.2 Å². The molecule has 1 N–H and O–H groups in total. The highest BCUT2D eigenvalue weighted by Crippen LogP contribution is 2.40. The number of para-hydroxylation sites is 1. The van der Waals surface area contributed by atoms with Crippen LogP contribution in [-0.4, -0.2) is 25.8 Å². The predicted molar refractivity (Wildman–Crippen MR) is 153 cm³/mol. The first-order valence-corrected chi connectivity index (χ1v) is 14.3. The minimum absolute atomic E-state index is 0.0927. The largest absolute Gasteiger partial charge is 0.493 e. The maximum absolute atomic E-state index is 13.5. The molecule has 7 heteroatoms. The van der Waals surface area contributed by atoms with Crippen LogP contribution in [-0.2, 0) is 12.8 Å². The van der Waals surface area contributed by atoms with Gasteiger partial charge in [-0.3, -0.25) is 4.79 Å². The molecule has 0 bridgehead atoms. The van der Waals surface area contributed by atoms with Crippen LogP contribution in [0.2, 0.25) is 0 Å². The van der Waals surface area contributed by atoms with Crippen molar-refractivity contribution in [1.29, 1.82) is 0 Å². The molecule has 1 heterocycles. The molecule has 0 aliphatic heterocycles. The number of rotatable bonds is 9. The van der Waals surface area contributed by atoms with E-state index >= 15 is 0 Å². The fourth-order valence-electron chi connectivity index (χ4n) is 4.35. The number of nitrogens with zero attached hydrogens (tertiary/aromatic N) is 1. The van der Waals surface area contributed by atoms with Gasteiger partial charge in [0, 0.05) is 16.8 Å². The molecule has 1 aromatic heterocycles. The smallest absolute Gasteiger partial charge is 0.259 e. The Morgan fingerprint density at radius 2 is 1.92 bits per heavy atom. The molecule has 1 amide bonds. The molecule has 0 unspecified atom stereocenters. The Hall–Kier alpha value is -2.64. The fraction of sp³-hybridized carbons (Fsp3) is 0.379. The molecule has 190 valence electrons. The van der Waals surface area contributed by atoms with Gasteiger partial charge in [0.25, 0.3) is 5.91 Å². The number of carbonyl (C=O) groups is 1. The van der Waals surface area contributed by atoms with Crippen molar-refractivity contribution in [3.8, 4) is 11.5 Å². The number of amides is 1. The molecule has 1 aliphatic rings. The molecule has 0 saturated carbocycles. The Bertz CT molecular complexity index is 1210. The van der Waals surface area contributed by atoms with Crippen LogP contribution in [0.1, 0.15) is 71.8 Å². The molecule has 0 atom stereocenters. The van der Waals surface area contributed by atoms with Crippen molar-refractivity contribution in [1.82, 2.24) is 0 Å². The Balaban J connectivity index is 1.66. The van der Waals surface area contributed by atoms with E-state index in [0.717, 1.165) is 59.2 Å². The standard InChI is InChI=1S/C29H33BrN2O3S/c1-3-4-16-35-27-23(30)17-20(18-24(27)34-2)19-31-29-26(28(33)32-21-12-8-7-9-13-21)22-14-10-5-6-11-15-25(22)36-29/h7-9,12-13,17-19H,3-6,10-11,14-16H2,1-2H3,(H,32,33). The summed E-state index contributed by atoms with van der Waals surface area (Å²) in [5.74, 6) is 1.26. The van der Waals surface area contributed by atoms with Crippen LogP contribution in [0.3, 0.4) is 0 Å². The maximum Gasteiger partial charge on any atom is 0.259 e. The van der Waals surface area contributed by atoms with Gasteiger partial charge in [0.1, 0.15) is 5.00 Å². The first-order valence-electron chi connectivity index (χ1n) is 12.7. The van der Waals surface area contributed by atoms with Gasteiger partial charge in [0.2, 0.25) is 0 Å². The fourth-order valence-corrected chi connectivity index (χ4v) is 6.16. The lowest BCUT2D eigenvalue weighted by molar-refractivity contribution is 0.102. The van der Waals surface area contributed by atoms with Crippen molar-refractivity contribution in [2.24, 2.45) is 4.99 Å². The van der Waals surface area contributed by atoms with Crippen molar-refractivity contribution < 1.29 is 14.3 Å². The summed E-state index contributed by atoms with van der Waals surface area (Å²) in [6, 6.07) is 13.5. The summed E-state index contributed by atoms with van der Waals surface area (Å²) < 4.78 is 12.3. The number of hydrogen-bond acceptors (Lipinski definition) is 5. The Labute approximate surface area is 226 Å². The van der Waals surface area contributed by atoms with E-state index in [-0.39, 0.29) is 5.91 Å². The minimum Gasteiger partial charge on any atom is -0.493 e. The average Bonchev–Trinajstić information content (AvgIpc) is 3.20. The molecule has 0 saturated heterocycles. The zero-order chi connectivity index (χ0) is 25.3. The summed E-state index contributed by atoms with van der Waals surface area (Å²) in [6.07, 6.45) is 10.5. The predicted octanol–water partition coefficient (Wildman–Crippen LogP) is 8.36. The number of anilines is 1. The Kier molecular flexibility index (Phi) is 9.59. The van der Waals surface area contributed by atoms with E-state index in [1.807, 2.05) is 42.5 Å². The first kappa shape index (κ1) is 26.4. The van der Waals surface area contributed by atoms with Gasteiger partial charge < -0.3 is 14.8 Å². The molecule has 0 radical (unpaired) electrons. The summed E-state index contributed by atoms with van der Waals surface area (Å²) in [4.78, 5) is 19.6. The minimum atomic E-state index is -0.0927. The van der Waals surface area contributed by atoms with Gasteiger partial charge in [0.05, 0.1) is 23.8 Å². The highest BCUT2D eigenvalue weighted by atomic mass is 79.9. The summed E-state index contributed by atoms with van der Waals surface area (Å²) >= 11 is 5.27. The Morgan fingerprint density at radius 3 is 2.67 bits per heavy atom. The van der Waals surface area contributed by atoms with Crippen molar-refractivity contribution in [3.63, 3.8) is 0 Å². The number of nitrogens with one attached hydrogen (secondary N) is 1. The van der Waals surface area contributed by atoms with Crippen molar-refractivity contribution >= 4 is 50.1 Å². The molecule has 0 fully saturated rings. The molecular weight excluding hydrogens is 536 g/mol. The second-order valence-electron chi connectivity index (χ2n) is 8.91. The normalized spacial score (nSPS) is 13.6. The number of ether oxygens (including phenoxy) is 2. The quantitative estimate of drug-likeness (QED) is 0.208. The number of carbonyl (C=O) groups excluding carboxylic acids is 1. The lowest BCUT2D eigenvalue weighted by Crippen LogP contribution is -2.14. The van der Waals surface area contributed by atoms with Crippen LogP contribution < -0.4 is 14.8 Å². The van der Waals surface area contributed by atoms with Gasteiger partial charge in [-0.05, 0) is 83.4 Å². The third-order valence-electron chi connectivity index (χ3n) is 6.24. The SMILES string of the molecule is CCCCOc1c(Br)cc(C=Nc2sc3c(c2C(=O)Nc2ccccc2)CCCCCC3)cc1OC. The van der Waals surface area contributed by atoms with Crippen LogP contribution in [0.25, 0.3) is 0 Å². The number of methoxy groups -OCH3 is 1. The van der Waals surface area contributed by atoms with Crippen LogP contribution in [0.4, 0.5) is 10.7 Å². The van der Waals surface area contributed by atoms with Gasteiger partial charge in [-0.15, -0.1) is 11.3 Å². The third-order valence-corrected chi connectivity index (χ3v) is 8.03. The lowest BCUT2D eigenvalue weighted by atomic mass is 9.96.